The lowest BCUT2D eigenvalue weighted by molar-refractivity contribution is -0.114. The minimum atomic E-state index is -3.62. The van der Waals surface area contributed by atoms with Crippen molar-refractivity contribution in [3.8, 4) is 5.75 Å². The third-order valence-electron chi connectivity index (χ3n) is 4.46. The van der Waals surface area contributed by atoms with Crippen molar-refractivity contribution >= 4 is 27.3 Å². The molecule has 156 valence electrons. The van der Waals surface area contributed by atoms with Gasteiger partial charge in [0.15, 0.2) is 0 Å². The average Bonchev–Trinajstić information content (AvgIpc) is 2.72. The molecule has 3 rings (SSSR count). The van der Waals surface area contributed by atoms with Crippen LogP contribution in [-0.2, 0) is 21.4 Å². The molecule has 3 aromatic rings. The lowest BCUT2D eigenvalue weighted by Gasteiger charge is -2.23. The van der Waals surface area contributed by atoms with E-state index in [1.807, 2.05) is 36.4 Å². The van der Waals surface area contributed by atoms with Gasteiger partial charge >= 0.3 is 0 Å². The molecule has 0 bridgehead atoms. The van der Waals surface area contributed by atoms with E-state index in [1.54, 1.807) is 49.4 Å². The van der Waals surface area contributed by atoms with Gasteiger partial charge in [0, 0.05) is 5.69 Å². The van der Waals surface area contributed by atoms with Crippen molar-refractivity contribution in [3.63, 3.8) is 0 Å². The standard InChI is InChI=1S/C23H24N2O4S/c1-18-8-6-7-11-22(18)25(30(2,27)28)16-23(26)24-20-12-14-21(15-13-20)29-17-19-9-4-3-5-10-19/h3-15H,16-17H2,1-2H3,(H,24,26). The predicted molar refractivity (Wildman–Crippen MR) is 119 cm³/mol. The van der Waals surface area contributed by atoms with Crippen LogP contribution in [0.3, 0.4) is 0 Å². The van der Waals surface area contributed by atoms with Crippen molar-refractivity contribution in [2.75, 3.05) is 22.4 Å². The number of aryl methyl sites for hydroxylation is 1. The van der Waals surface area contributed by atoms with E-state index in [9.17, 15) is 13.2 Å². The van der Waals surface area contributed by atoms with Crippen LogP contribution in [0.25, 0.3) is 0 Å². The fraction of sp³-hybridized carbons (Fsp3) is 0.174. The van der Waals surface area contributed by atoms with E-state index in [0.717, 1.165) is 21.7 Å². The summed E-state index contributed by atoms with van der Waals surface area (Å²) < 4.78 is 31.3. The second-order valence-corrected chi connectivity index (χ2v) is 8.81. The number of hydrogen-bond acceptors (Lipinski definition) is 4. The zero-order chi connectivity index (χ0) is 21.6. The van der Waals surface area contributed by atoms with Crippen LogP contribution < -0.4 is 14.4 Å². The molecule has 0 spiro atoms. The first-order chi connectivity index (χ1) is 14.3. The van der Waals surface area contributed by atoms with Crippen LogP contribution >= 0.6 is 0 Å². The molecule has 0 unspecified atom stereocenters. The second-order valence-electron chi connectivity index (χ2n) is 6.90. The first kappa shape index (κ1) is 21.4. The maximum Gasteiger partial charge on any atom is 0.245 e. The Labute approximate surface area is 177 Å². The molecule has 6 nitrogen and oxygen atoms in total. The van der Waals surface area contributed by atoms with Gasteiger partial charge in [-0.1, -0.05) is 48.5 Å². The summed E-state index contributed by atoms with van der Waals surface area (Å²) in [6.45, 7) is 1.95. The number of hydrogen-bond donors (Lipinski definition) is 1. The van der Waals surface area contributed by atoms with Gasteiger partial charge in [-0.15, -0.1) is 0 Å². The van der Waals surface area contributed by atoms with Gasteiger partial charge in [0.1, 0.15) is 18.9 Å². The van der Waals surface area contributed by atoms with Gasteiger partial charge in [0.25, 0.3) is 0 Å². The van der Waals surface area contributed by atoms with Crippen LogP contribution in [0, 0.1) is 6.92 Å². The molecule has 0 fully saturated rings. The molecule has 1 amide bonds. The number of nitrogens with one attached hydrogen (secondary N) is 1. The molecule has 0 heterocycles. The largest absolute Gasteiger partial charge is 0.489 e. The molecule has 0 aliphatic carbocycles. The second kappa shape index (κ2) is 9.45. The number of benzene rings is 3. The van der Waals surface area contributed by atoms with Crippen LogP contribution in [0.5, 0.6) is 5.75 Å². The van der Waals surface area contributed by atoms with E-state index in [2.05, 4.69) is 5.32 Å². The lowest BCUT2D eigenvalue weighted by Crippen LogP contribution is -2.37. The highest BCUT2D eigenvalue weighted by Gasteiger charge is 2.22. The van der Waals surface area contributed by atoms with Crippen LogP contribution in [0.4, 0.5) is 11.4 Å². The summed E-state index contributed by atoms with van der Waals surface area (Å²) in [6, 6.07) is 23.8. The van der Waals surface area contributed by atoms with Crippen LogP contribution in [0.2, 0.25) is 0 Å². The molecule has 1 N–H and O–H groups in total. The van der Waals surface area contributed by atoms with Crippen molar-refractivity contribution < 1.29 is 17.9 Å². The number of carbonyl (C=O) groups is 1. The van der Waals surface area contributed by atoms with E-state index in [-0.39, 0.29) is 6.54 Å². The molecule has 0 aliphatic rings. The number of para-hydroxylation sites is 1. The Balaban J connectivity index is 1.62. The third kappa shape index (κ3) is 5.84. The highest BCUT2D eigenvalue weighted by molar-refractivity contribution is 7.92. The van der Waals surface area contributed by atoms with E-state index < -0.39 is 15.9 Å². The van der Waals surface area contributed by atoms with Gasteiger partial charge in [-0.3, -0.25) is 9.10 Å². The molecule has 7 heteroatoms. The minimum Gasteiger partial charge on any atom is -0.489 e. The zero-order valence-corrected chi connectivity index (χ0v) is 17.7. The van der Waals surface area contributed by atoms with Crippen molar-refractivity contribution in [2.24, 2.45) is 0 Å². The fourth-order valence-corrected chi connectivity index (χ4v) is 3.84. The Morgan fingerprint density at radius 1 is 0.933 bits per heavy atom. The molecule has 3 aromatic carbocycles. The smallest absolute Gasteiger partial charge is 0.245 e. The molecule has 0 aliphatic heterocycles. The Morgan fingerprint density at radius 3 is 2.20 bits per heavy atom. The normalized spacial score (nSPS) is 11.0. The van der Waals surface area contributed by atoms with Crippen molar-refractivity contribution in [3.05, 3.63) is 90.0 Å². The highest BCUT2D eigenvalue weighted by atomic mass is 32.2. The van der Waals surface area contributed by atoms with Gasteiger partial charge in [0.05, 0.1) is 11.9 Å². The van der Waals surface area contributed by atoms with Gasteiger partial charge in [-0.25, -0.2) is 8.42 Å². The Bertz CT molecular complexity index is 1100. The maximum atomic E-state index is 12.5. The number of amides is 1. The quantitative estimate of drug-likeness (QED) is 0.594. The van der Waals surface area contributed by atoms with E-state index in [1.165, 1.54) is 0 Å². The fourth-order valence-electron chi connectivity index (χ4n) is 2.93. The van der Waals surface area contributed by atoms with Crippen LogP contribution in [0.15, 0.2) is 78.9 Å². The number of rotatable bonds is 8. The molecule has 0 saturated heterocycles. The Kier molecular flexibility index (Phi) is 6.74. The number of anilines is 2. The number of sulfonamides is 1. The highest BCUT2D eigenvalue weighted by Crippen LogP contribution is 2.22. The summed E-state index contributed by atoms with van der Waals surface area (Å²) in [5.41, 5.74) is 2.88. The molecule has 0 aromatic heterocycles. The van der Waals surface area contributed by atoms with Gasteiger partial charge < -0.3 is 10.1 Å². The first-order valence-corrected chi connectivity index (χ1v) is 11.3. The monoisotopic (exact) mass is 424 g/mol. The molecular formula is C23H24N2O4S. The Morgan fingerprint density at radius 2 is 1.57 bits per heavy atom. The van der Waals surface area contributed by atoms with Gasteiger partial charge in [-0.2, -0.15) is 0 Å². The van der Waals surface area contributed by atoms with Gasteiger partial charge in [-0.05, 0) is 48.4 Å². The summed E-state index contributed by atoms with van der Waals surface area (Å²) >= 11 is 0. The zero-order valence-electron chi connectivity index (χ0n) is 16.9. The number of ether oxygens (including phenoxy) is 1. The molecular weight excluding hydrogens is 400 g/mol. The third-order valence-corrected chi connectivity index (χ3v) is 5.58. The van der Waals surface area contributed by atoms with Crippen molar-refractivity contribution in [1.82, 2.24) is 0 Å². The lowest BCUT2D eigenvalue weighted by atomic mass is 10.2. The molecule has 30 heavy (non-hydrogen) atoms. The molecule has 0 radical (unpaired) electrons. The number of nitrogens with zero attached hydrogens (tertiary/aromatic N) is 1. The summed E-state index contributed by atoms with van der Waals surface area (Å²) in [7, 11) is -3.62. The van der Waals surface area contributed by atoms with Gasteiger partial charge in [0.2, 0.25) is 15.9 Å². The van der Waals surface area contributed by atoms with Crippen molar-refractivity contribution in [1.29, 1.82) is 0 Å². The summed E-state index contributed by atoms with van der Waals surface area (Å²) in [5, 5.41) is 2.73. The minimum absolute atomic E-state index is 0.310. The van der Waals surface area contributed by atoms with E-state index >= 15 is 0 Å². The van der Waals surface area contributed by atoms with E-state index in [0.29, 0.717) is 23.7 Å². The average molecular weight is 425 g/mol. The molecule has 0 saturated carbocycles. The summed E-state index contributed by atoms with van der Waals surface area (Å²) in [5.74, 6) is 0.246. The maximum absolute atomic E-state index is 12.5. The molecule has 0 atom stereocenters. The van der Waals surface area contributed by atoms with E-state index in [4.69, 9.17) is 4.74 Å². The van der Waals surface area contributed by atoms with Crippen LogP contribution in [0.1, 0.15) is 11.1 Å². The topological polar surface area (TPSA) is 75.7 Å². The predicted octanol–water partition coefficient (Wildman–Crippen LogP) is 3.98. The summed E-state index contributed by atoms with van der Waals surface area (Å²) in [4.78, 5) is 12.5. The number of carbonyl (C=O) groups excluding carboxylic acids is 1. The Hall–Kier alpha value is -3.32. The summed E-state index contributed by atoms with van der Waals surface area (Å²) in [6.07, 6.45) is 1.09. The SMILES string of the molecule is Cc1ccccc1N(CC(=O)Nc1ccc(OCc2ccccc2)cc1)S(C)(=O)=O. The van der Waals surface area contributed by atoms with Crippen molar-refractivity contribution in [2.45, 2.75) is 13.5 Å². The first-order valence-electron chi connectivity index (χ1n) is 9.43. The van der Waals surface area contributed by atoms with Crippen LogP contribution in [-0.4, -0.2) is 27.1 Å².